The van der Waals surface area contributed by atoms with Crippen molar-refractivity contribution in [3.63, 3.8) is 0 Å². The first-order valence-electron chi connectivity index (χ1n) is 11.3. The number of fused-ring (bicyclic) bond motifs is 1. The Morgan fingerprint density at radius 3 is 2.58 bits per heavy atom. The second kappa shape index (κ2) is 11.3. The van der Waals surface area contributed by atoms with Crippen LogP contribution in [-0.2, 0) is 32.5 Å². The van der Waals surface area contributed by atoms with Crippen molar-refractivity contribution in [1.82, 2.24) is 15.4 Å². The van der Waals surface area contributed by atoms with Crippen LogP contribution in [0.4, 0.5) is 4.39 Å². The van der Waals surface area contributed by atoms with Crippen molar-refractivity contribution < 1.29 is 27.5 Å². The summed E-state index contributed by atoms with van der Waals surface area (Å²) in [7, 11) is -2.27. The van der Waals surface area contributed by atoms with Crippen molar-refractivity contribution in [2.24, 2.45) is 0 Å². The largest absolute Gasteiger partial charge is 0.383 e. The van der Waals surface area contributed by atoms with Gasteiger partial charge in [-0.05, 0) is 54.1 Å². The Bertz CT molecular complexity index is 1420. The van der Waals surface area contributed by atoms with E-state index in [1.165, 1.54) is 29.2 Å². The van der Waals surface area contributed by atoms with Crippen LogP contribution < -0.4 is 16.4 Å². The number of methoxy groups -OCH3 is 1. The van der Waals surface area contributed by atoms with Gasteiger partial charge in [0.1, 0.15) is 5.82 Å². The number of halogens is 1. The average Bonchev–Trinajstić information content (AvgIpc) is 2.84. The van der Waals surface area contributed by atoms with Crippen LogP contribution in [0.15, 0.2) is 53.5 Å². The number of aromatic nitrogens is 1. The van der Waals surface area contributed by atoms with Crippen LogP contribution in [0.1, 0.15) is 18.9 Å². The van der Waals surface area contributed by atoms with Crippen molar-refractivity contribution in [2.75, 3.05) is 26.5 Å². The molecule has 9 nitrogen and oxygen atoms in total. The first kappa shape index (κ1) is 27.5. The number of benzene rings is 2. The van der Waals surface area contributed by atoms with Crippen molar-refractivity contribution >= 4 is 26.5 Å². The predicted molar refractivity (Wildman–Crippen MR) is 135 cm³/mol. The number of amides is 1. The highest BCUT2D eigenvalue weighted by Gasteiger charge is 2.43. The van der Waals surface area contributed by atoms with Crippen LogP contribution in [0.5, 0.6) is 0 Å². The topological polar surface area (TPSA) is 127 Å². The maximum Gasteiger partial charge on any atom is 0.264 e. The van der Waals surface area contributed by atoms with Gasteiger partial charge in [-0.1, -0.05) is 18.2 Å². The summed E-state index contributed by atoms with van der Waals surface area (Å²) in [6, 6.07) is 11.7. The number of carbonyl (C=O) groups is 1. The van der Waals surface area contributed by atoms with Gasteiger partial charge >= 0.3 is 0 Å². The molecule has 1 atom stereocenters. The number of aryl methyl sites for hydroxylation is 1. The number of nitrogens with zero attached hydrogens (tertiary/aromatic N) is 1. The molecule has 3 N–H and O–H groups in total. The predicted octanol–water partition coefficient (Wildman–Crippen LogP) is 2.24. The number of hydroxylamine groups is 1. The Morgan fingerprint density at radius 1 is 1.19 bits per heavy atom. The van der Waals surface area contributed by atoms with E-state index >= 15 is 0 Å². The van der Waals surface area contributed by atoms with Gasteiger partial charge in [0.25, 0.3) is 11.5 Å². The molecule has 0 aliphatic heterocycles. The third-order valence-corrected chi connectivity index (χ3v) is 8.39. The molecule has 0 spiro atoms. The van der Waals surface area contributed by atoms with E-state index in [0.29, 0.717) is 41.6 Å². The zero-order valence-electron chi connectivity index (χ0n) is 20.4. The van der Waals surface area contributed by atoms with Gasteiger partial charge in [0.15, 0.2) is 14.6 Å². The zero-order valence-corrected chi connectivity index (χ0v) is 21.2. The van der Waals surface area contributed by atoms with Gasteiger partial charge in [-0.2, -0.15) is 0 Å². The van der Waals surface area contributed by atoms with Crippen LogP contribution in [0, 0.1) is 5.82 Å². The van der Waals surface area contributed by atoms with E-state index in [1.54, 1.807) is 37.4 Å². The van der Waals surface area contributed by atoms with Gasteiger partial charge in [-0.3, -0.25) is 14.8 Å². The first-order valence-corrected chi connectivity index (χ1v) is 13.2. The zero-order chi connectivity index (χ0) is 26.5. The summed E-state index contributed by atoms with van der Waals surface area (Å²) >= 11 is 0. The molecular formula is C25H30FN3O6S. The van der Waals surface area contributed by atoms with Gasteiger partial charge in [0.2, 0.25) is 0 Å². The molecule has 1 heterocycles. The average molecular weight is 520 g/mol. The van der Waals surface area contributed by atoms with Crippen molar-refractivity contribution in [2.45, 2.75) is 31.2 Å². The normalized spacial score (nSPS) is 13.5. The van der Waals surface area contributed by atoms with E-state index in [9.17, 15) is 22.4 Å². The summed E-state index contributed by atoms with van der Waals surface area (Å²) in [4.78, 5) is 25.0. The maximum atomic E-state index is 14.8. The third-order valence-electron chi connectivity index (χ3n) is 6.36. The number of rotatable bonds is 11. The molecule has 3 rings (SSSR count). The number of sulfone groups is 1. The van der Waals surface area contributed by atoms with Crippen molar-refractivity contribution in [1.29, 1.82) is 0 Å². The number of hydrogen-bond donors (Lipinski definition) is 3. The molecule has 0 saturated carbocycles. The van der Waals surface area contributed by atoms with Gasteiger partial charge < -0.3 is 14.6 Å². The van der Waals surface area contributed by atoms with Gasteiger partial charge in [-0.25, -0.2) is 18.3 Å². The Hall–Kier alpha value is -3.12. The van der Waals surface area contributed by atoms with E-state index in [4.69, 9.17) is 9.94 Å². The SMILES string of the molecule is COCCNCc1ccc(-c2ccc3c(=O)n(CCC(C)(C(=O)NO)S(C)(=O)=O)ccc3c2)c(F)c1. The maximum absolute atomic E-state index is 14.8. The fraction of sp³-hybridized carbons (Fsp3) is 0.360. The third kappa shape index (κ3) is 5.81. The summed E-state index contributed by atoms with van der Waals surface area (Å²) in [5, 5.41) is 13.1. The molecule has 1 aromatic heterocycles. The molecule has 0 bridgehead atoms. The van der Waals surface area contributed by atoms with Crippen LogP contribution >= 0.6 is 0 Å². The minimum absolute atomic E-state index is 0.0674. The van der Waals surface area contributed by atoms with Gasteiger partial charge in [0, 0.05) is 50.1 Å². The monoisotopic (exact) mass is 519 g/mol. The van der Waals surface area contributed by atoms with Crippen LogP contribution in [0.3, 0.4) is 0 Å². The molecule has 0 aliphatic rings. The highest BCUT2D eigenvalue weighted by atomic mass is 32.2. The smallest absolute Gasteiger partial charge is 0.264 e. The number of ether oxygens (including phenoxy) is 1. The standard InChI is InChI=1S/C25H30FN3O6S/c1-25(24(31)28-32,36(3,33)34)9-12-29-11-8-19-15-18(5-7-21(19)23(29)30)20-6-4-17(14-22(20)26)16-27-10-13-35-2/h4-8,11,14-15,27,32H,9-10,12-13,16H2,1-3H3,(H,28,31). The van der Waals surface area contributed by atoms with Crippen LogP contribution in [0.2, 0.25) is 0 Å². The van der Waals surface area contributed by atoms with E-state index in [0.717, 1.165) is 11.8 Å². The highest BCUT2D eigenvalue weighted by Crippen LogP contribution is 2.27. The number of nitrogens with one attached hydrogen (secondary N) is 2. The summed E-state index contributed by atoms with van der Waals surface area (Å²) in [6.07, 6.45) is 2.18. The summed E-state index contributed by atoms with van der Waals surface area (Å²) in [5.74, 6) is -1.45. The Balaban J connectivity index is 1.84. The fourth-order valence-electron chi connectivity index (χ4n) is 3.86. The molecule has 3 aromatic rings. The number of carbonyl (C=O) groups excluding carboxylic acids is 1. The summed E-state index contributed by atoms with van der Waals surface area (Å²) in [6.45, 7) is 2.86. The summed E-state index contributed by atoms with van der Waals surface area (Å²) < 4.78 is 43.6. The molecule has 36 heavy (non-hydrogen) atoms. The van der Waals surface area contributed by atoms with E-state index in [2.05, 4.69) is 5.32 Å². The summed E-state index contributed by atoms with van der Waals surface area (Å²) in [5.41, 5.74) is 2.83. The van der Waals surface area contributed by atoms with Crippen molar-refractivity contribution in [3.8, 4) is 11.1 Å². The van der Waals surface area contributed by atoms with Gasteiger partial charge in [-0.15, -0.1) is 0 Å². The Kier molecular flexibility index (Phi) is 8.62. The minimum atomic E-state index is -3.89. The highest BCUT2D eigenvalue weighted by molar-refractivity contribution is 7.92. The van der Waals surface area contributed by atoms with Crippen molar-refractivity contribution in [3.05, 3.63) is 70.4 Å². The molecule has 194 valence electrons. The van der Waals surface area contributed by atoms with E-state index < -0.39 is 20.5 Å². The molecule has 0 radical (unpaired) electrons. The molecular weight excluding hydrogens is 489 g/mol. The first-order chi connectivity index (χ1) is 17.0. The van der Waals surface area contributed by atoms with Crippen LogP contribution in [0.25, 0.3) is 21.9 Å². The van der Waals surface area contributed by atoms with Gasteiger partial charge in [0.05, 0.1) is 6.61 Å². The second-order valence-corrected chi connectivity index (χ2v) is 11.2. The molecule has 0 aliphatic carbocycles. The molecule has 2 aromatic carbocycles. The second-order valence-electron chi connectivity index (χ2n) is 8.79. The lowest BCUT2D eigenvalue weighted by Gasteiger charge is -2.25. The lowest BCUT2D eigenvalue weighted by Crippen LogP contribution is -2.49. The lowest BCUT2D eigenvalue weighted by atomic mass is 10.00. The molecule has 11 heteroatoms. The Morgan fingerprint density at radius 2 is 1.94 bits per heavy atom. The quantitative estimate of drug-likeness (QED) is 0.201. The lowest BCUT2D eigenvalue weighted by molar-refractivity contribution is -0.131. The minimum Gasteiger partial charge on any atom is -0.383 e. The molecule has 0 fully saturated rings. The fourth-order valence-corrected chi connectivity index (χ4v) is 4.71. The number of pyridine rings is 1. The van der Waals surface area contributed by atoms with Crippen LogP contribution in [-0.4, -0.2) is 55.4 Å². The van der Waals surface area contributed by atoms with E-state index in [-0.39, 0.29) is 24.3 Å². The Labute approximate surface area is 208 Å². The molecule has 1 amide bonds. The molecule has 1 unspecified atom stereocenters. The van der Waals surface area contributed by atoms with E-state index in [1.807, 2.05) is 6.07 Å². The molecule has 0 saturated heterocycles. The number of hydrogen-bond acceptors (Lipinski definition) is 7.